The maximum Gasteiger partial charge on any atom is 0.318 e. The van der Waals surface area contributed by atoms with E-state index in [2.05, 4.69) is 32.6 Å². The predicted octanol–water partition coefficient (Wildman–Crippen LogP) is 2.12. The summed E-state index contributed by atoms with van der Waals surface area (Å²) in [6, 6.07) is 8.24. The lowest BCUT2D eigenvalue weighted by Crippen LogP contribution is -2.33. The molecule has 2 amide bonds. The van der Waals surface area contributed by atoms with Crippen LogP contribution in [0, 0.1) is 5.92 Å². The first-order valence-electron chi connectivity index (χ1n) is 6.74. The van der Waals surface area contributed by atoms with E-state index in [1.807, 2.05) is 23.1 Å². The summed E-state index contributed by atoms with van der Waals surface area (Å²) >= 11 is 3.55. The van der Waals surface area contributed by atoms with Gasteiger partial charge in [-0.1, -0.05) is 34.1 Å². The van der Waals surface area contributed by atoms with Crippen LogP contribution in [0.4, 0.5) is 4.79 Å². The van der Waals surface area contributed by atoms with Gasteiger partial charge in [0.05, 0.1) is 6.04 Å². The highest BCUT2D eigenvalue weighted by atomic mass is 79.9. The van der Waals surface area contributed by atoms with Crippen molar-refractivity contribution in [3.63, 3.8) is 0 Å². The second-order valence-corrected chi connectivity index (χ2v) is 6.14. The molecular weight excluding hydrogens is 306 g/mol. The van der Waals surface area contributed by atoms with Crippen LogP contribution >= 0.6 is 15.9 Å². The fraction of sp³-hybridized carbons (Fsp3) is 0.500. The van der Waals surface area contributed by atoms with Crippen LogP contribution in [0.5, 0.6) is 0 Å². The zero-order chi connectivity index (χ0) is 13.2. The highest BCUT2D eigenvalue weighted by Crippen LogP contribution is 2.27. The molecule has 4 nitrogen and oxygen atoms in total. The fourth-order valence-corrected chi connectivity index (χ4v) is 3.42. The number of halogens is 1. The van der Waals surface area contributed by atoms with Gasteiger partial charge >= 0.3 is 6.03 Å². The van der Waals surface area contributed by atoms with Crippen molar-refractivity contribution in [1.82, 2.24) is 15.5 Å². The maximum atomic E-state index is 12.0. The molecule has 0 spiro atoms. The normalized spacial score (nSPS) is 26.8. The number of carbonyl (C=O) groups excluding carboxylic acids is 1. The molecule has 2 aliphatic rings. The summed E-state index contributed by atoms with van der Waals surface area (Å²) in [5.74, 6) is 0.601. The van der Waals surface area contributed by atoms with Gasteiger partial charge in [0.1, 0.15) is 0 Å². The summed E-state index contributed by atoms with van der Waals surface area (Å²) in [6.07, 6.45) is 1.17. The van der Waals surface area contributed by atoms with Crippen LogP contribution in [0.15, 0.2) is 28.7 Å². The molecule has 2 aliphatic heterocycles. The highest BCUT2D eigenvalue weighted by molar-refractivity contribution is 9.10. The number of rotatable bonds is 3. The lowest BCUT2D eigenvalue weighted by Gasteiger charge is -2.18. The second kappa shape index (κ2) is 5.51. The molecule has 1 aromatic carbocycles. The predicted molar refractivity (Wildman–Crippen MR) is 78.0 cm³/mol. The lowest BCUT2D eigenvalue weighted by atomic mass is 10.1. The van der Waals surface area contributed by atoms with Crippen molar-refractivity contribution < 1.29 is 4.79 Å². The Morgan fingerprint density at radius 1 is 1.37 bits per heavy atom. The average Bonchev–Trinajstić information content (AvgIpc) is 3.02. The van der Waals surface area contributed by atoms with Crippen molar-refractivity contribution in [2.75, 3.05) is 26.2 Å². The molecule has 1 aromatic rings. The van der Waals surface area contributed by atoms with Crippen LogP contribution in [0.3, 0.4) is 0 Å². The van der Waals surface area contributed by atoms with Crippen LogP contribution in [0.1, 0.15) is 18.0 Å². The molecule has 2 fully saturated rings. The maximum absolute atomic E-state index is 12.0. The molecule has 0 radical (unpaired) electrons. The Balaban J connectivity index is 1.67. The van der Waals surface area contributed by atoms with Gasteiger partial charge in [0.25, 0.3) is 0 Å². The van der Waals surface area contributed by atoms with E-state index < -0.39 is 0 Å². The van der Waals surface area contributed by atoms with E-state index in [-0.39, 0.29) is 12.1 Å². The molecule has 3 rings (SSSR count). The van der Waals surface area contributed by atoms with E-state index in [1.165, 1.54) is 6.42 Å². The molecule has 0 aliphatic carbocycles. The Kier molecular flexibility index (Phi) is 3.75. The molecule has 2 heterocycles. The molecule has 2 atom stereocenters. The number of amides is 2. The minimum Gasteiger partial charge on any atom is -0.329 e. The number of carbonyl (C=O) groups is 1. The summed E-state index contributed by atoms with van der Waals surface area (Å²) in [4.78, 5) is 14.0. The minimum atomic E-state index is 0.0626. The summed E-state index contributed by atoms with van der Waals surface area (Å²) in [5, 5.41) is 6.42. The van der Waals surface area contributed by atoms with Crippen molar-refractivity contribution in [2.45, 2.75) is 12.5 Å². The van der Waals surface area contributed by atoms with Gasteiger partial charge in [-0.15, -0.1) is 0 Å². The molecule has 5 heteroatoms. The fourth-order valence-electron chi connectivity index (χ4n) is 2.86. The Labute approximate surface area is 121 Å². The number of nitrogens with one attached hydrogen (secondary N) is 2. The van der Waals surface area contributed by atoms with Gasteiger partial charge in [0, 0.05) is 17.6 Å². The summed E-state index contributed by atoms with van der Waals surface area (Å²) in [5.41, 5.74) is 1.16. The van der Waals surface area contributed by atoms with Gasteiger partial charge in [-0.05, 0) is 37.1 Å². The van der Waals surface area contributed by atoms with E-state index in [1.54, 1.807) is 0 Å². The van der Waals surface area contributed by atoms with Gasteiger partial charge in [0.2, 0.25) is 0 Å². The summed E-state index contributed by atoms with van der Waals surface area (Å²) in [7, 11) is 0. The molecule has 2 unspecified atom stereocenters. The zero-order valence-electron chi connectivity index (χ0n) is 10.7. The van der Waals surface area contributed by atoms with Gasteiger partial charge in [-0.2, -0.15) is 0 Å². The monoisotopic (exact) mass is 323 g/mol. The molecule has 0 aromatic heterocycles. The molecule has 2 saturated heterocycles. The van der Waals surface area contributed by atoms with Gasteiger partial charge in [0.15, 0.2) is 0 Å². The van der Waals surface area contributed by atoms with E-state index in [0.717, 1.165) is 36.2 Å². The third kappa shape index (κ3) is 2.77. The van der Waals surface area contributed by atoms with Crippen molar-refractivity contribution in [1.29, 1.82) is 0 Å². The smallest absolute Gasteiger partial charge is 0.318 e. The summed E-state index contributed by atoms with van der Waals surface area (Å²) < 4.78 is 1.06. The Morgan fingerprint density at radius 2 is 2.21 bits per heavy atom. The molecular formula is C14H18BrN3O. The number of nitrogens with zero attached hydrogens (tertiary/aromatic N) is 1. The van der Waals surface area contributed by atoms with Crippen molar-refractivity contribution in [3.8, 4) is 0 Å². The first-order valence-corrected chi connectivity index (χ1v) is 7.54. The third-order valence-electron chi connectivity index (χ3n) is 3.91. The number of urea groups is 1. The van der Waals surface area contributed by atoms with Crippen LogP contribution in [0.25, 0.3) is 0 Å². The van der Waals surface area contributed by atoms with Crippen LogP contribution in [0.2, 0.25) is 0 Å². The average molecular weight is 324 g/mol. The minimum absolute atomic E-state index is 0.0626. The largest absolute Gasteiger partial charge is 0.329 e. The van der Waals surface area contributed by atoms with Gasteiger partial charge < -0.3 is 15.5 Å². The molecule has 102 valence electrons. The quantitative estimate of drug-likeness (QED) is 0.895. The number of hydrogen-bond acceptors (Lipinski definition) is 2. The first-order chi connectivity index (χ1) is 9.24. The first kappa shape index (κ1) is 12.9. The van der Waals surface area contributed by atoms with E-state index in [0.29, 0.717) is 5.92 Å². The van der Waals surface area contributed by atoms with Crippen LogP contribution in [-0.2, 0) is 0 Å². The van der Waals surface area contributed by atoms with E-state index in [4.69, 9.17) is 0 Å². The molecule has 2 N–H and O–H groups in total. The molecule has 0 bridgehead atoms. The highest BCUT2D eigenvalue weighted by Gasteiger charge is 2.32. The number of hydrogen-bond donors (Lipinski definition) is 2. The van der Waals surface area contributed by atoms with Crippen molar-refractivity contribution in [2.24, 2.45) is 5.92 Å². The van der Waals surface area contributed by atoms with E-state index in [9.17, 15) is 4.79 Å². The van der Waals surface area contributed by atoms with Gasteiger partial charge in [-0.25, -0.2) is 4.79 Å². The number of benzene rings is 1. The molecule has 0 saturated carbocycles. The topological polar surface area (TPSA) is 44.4 Å². The Morgan fingerprint density at radius 3 is 2.95 bits per heavy atom. The van der Waals surface area contributed by atoms with Gasteiger partial charge in [-0.3, -0.25) is 0 Å². The van der Waals surface area contributed by atoms with Crippen LogP contribution in [-0.4, -0.2) is 37.1 Å². The Hall–Kier alpha value is -1.07. The Bertz CT molecular complexity index is 474. The van der Waals surface area contributed by atoms with Crippen molar-refractivity contribution in [3.05, 3.63) is 34.3 Å². The molecule has 19 heavy (non-hydrogen) atoms. The van der Waals surface area contributed by atoms with E-state index >= 15 is 0 Å². The van der Waals surface area contributed by atoms with Crippen LogP contribution < -0.4 is 10.6 Å². The van der Waals surface area contributed by atoms with Crippen molar-refractivity contribution >= 4 is 22.0 Å². The lowest BCUT2D eigenvalue weighted by molar-refractivity contribution is 0.210. The standard InChI is InChI=1S/C14H18BrN3O/c15-12-4-2-1-3-11(12)13-9-18(14(19)17-13)8-10-5-6-16-7-10/h1-4,10,13,16H,5-9H2,(H,17,19). The zero-order valence-corrected chi connectivity index (χ0v) is 12.3. The second-order valence-electron chi connectivity index (χ2n) is 5.29. The third-order valence-corrected chi connectivity index (χ3v) is 4.63. The summed E-state index contributed by atoms with van der Waals surface area (Å²) in [6.45, 7) is 3.73. The SMILES string of the molecule is O=C1NC(c2ccccc2Br)CN1CC1CCNC1.